The molecule has 2 saturated heterocycles. The number of rotatable bonds is 6. The van der Waals surface area contributed by atoms with Crippen LogP contribution in [0.25, 0.3) is 0 Å². The van der Waals surface area contributed by atoms with Crippen molar-refractivity contribution in [2.24, 2.45) is 0 Å². The summed E-state index contributed by atoms with van der Waals surface area (Å²) >= 11 is 0. The smallest absolute Gasteiger partial charge is 0.242 e. The first-order chi connectivity index (χ1) is 13.1. The number of aromatic hydroxyl groups is 1. The van der Waals surface area contributed by atoms with Crippen molar-refractivity contribution >= 4 is 21.8 Å². The van der Waals surface area contributed by atoms with Gasteiger partial charge in [0.2, 0.25) is 21.8 Å². The minimum Gasteiger partial charge on any atom is -0.508 e. The Morgan fingerprint density at radius 3 is 2.71 bits per heavy atom. The Balaban J connectivity index is 1.79. The van der Waals surface area contributed by atoms with Gasteiger partial charge < -0.3 is 15.3 Å². The summed E-state index contributed by atoms with van der Waals surface area (Å²) in [6.07, 6.45) is 1.65. The predicted molar refractivity (Wildman–Crippen MR) is 103 cm³/mol. The number of sulfonamides is 1. The van der Waals surface area contributed by atoms with Gasteiger partial charge in [0.25, 0.3) is 0 Å². The van der Waals surface area contributed by atoms with Crippen LogP contribution in [-0.2, 0) is 26.2 Å². The zero-order valence-electron chi connectivity index (χ0n) is 16.0. The highest BCUT2D eigenvalue weighted by Gasteiger charge is 2.45. The number of phenols is 1. The summed E-state index contributed by atoms with van der Waals surface area (Å²) in [6, 6.07) is 5.89. The average Bonchev–Trinajstić information content (AvgIpc) is 2.95. The lowest BCUT2D eigenvalue weighted by atomic mass is 10.0. The van der Waals surface area contributed by atoms with Crippen LogP contribution >= 0.6 is 0 Å². The molecular formula is C18H26N4O5S. The Hall–Kier alpha value is -2.17. The van der Waals surface area contributed by atoms with Crippen LogP contribution in [0, 0.1) is 0 Å². The monoisotopic (exact) mass is 410 g/mol. The quantitative estimate of drug-likeness (QED) is 0.567. The van der Waals surface area contributed by atoms with Gasteiger partial charge in [-0.05, 0) is 24.1 Å². The van der Waals surface area contributed by atoms with Crippen LogP contribution in [-0.4, -0.2) is 79.2 Å². The van der Waals surface area contributed by atoms with Gasteiger partial charge in [-0.25, -0.2) is 13.1 Å². The second-order valence-corrected chi connectivity index (χ2v) is 9.30. The number of carbonyl (C=O) groups is 2. The van der Waals surface area contributed by atoms with Crippen molar-refractivity contribution in [2.45, 2.75) is 38.0 Å². The third kappa shape index (κ3) is 5.00. The Labute approximate surface area is 164 Å². The van der Waals surface area contributed by atoms with E-state index in [0.717, 1.165) is 11.8 Å². The summed E-state index contributed by atoms with van der Waals surface area (Å²) < 4.78 is 25.7. The molecule has 2 aliphatic heterocycles. The summed E-state index contributed by atoms with van der Waals surface area (Å²) in [5.41, 5.74) is 0.859. The number of carbonyl (C=O) groups excluding carboxylic acids is 2. The molecule has 9 nitrogen and oxygen atoms in total. The first-order valence-electron chi connectivity index (χ1n) is 9.16. The topological polar surface area (TPSA) is 119 Å². The molecule has 0 bridgehead atoms. The summed E-state index contributed by atoms with van der Waals surface area (Å²) in [7, 11) is -3.36. The Bertz CT molecular complexity index is 859. The molecule has 10 heteroatoms. The van der Waals surface area contributed by atoms with Crippen molar-refractivity contribution in [1.29, 1.82) is 0 Å². The largest absolute Gasteiger partial charge is 0.508 e. The molecule has 0 radical (unpaired) electrons. The fourth-order valence-electron chi connectivity index (χ4n) is 4.01. The first kappa shape index (κ1) is 20.6. The molecule has 1 aromatic rings. The van der Waals surface area contributed by atoms with Gasteiger partial charge in [-0.1, -0.05) is 12.1 Å². The van der Waals surface area contributed by atoms with E-state index in [1.165, 1.54) is 6.92 Å². The number of phenolic OH excluding ortho intramolecular Hbond substituents is 1. The maximum absolute atomic E-state index is 13.1. The molecule has 2 amide bonds. The molecule has 0 aromatic heterocycles. The van der Waals surface area contributed by atoms with E-state index in [1.807, 2.05) is 11.0 Å². The fraction of sp³-hybridized carbons (Fsp3) is 0.556. The number of benzene rings is 1. The standard InChI is InChI=1S/C18H26N4O5S/c1-12(23)19-8-17-18(25)22-10-14(20-28(2,26)27)7-15(22)11-21(17)9-13-4-3-5-16(24)6-13/h3-6,14-15,17,20,24H,7-11H2,1-2H3,(H,19,23)/t14-,15-,17-/m0/s1. The van der Waals surface area contributed by atoms with Gasteiger partial charge in [-0.2, -0.15) is 0 Å². The fourth-order valence-corrected chi connectivity index (χ4v) is 4.79. The third-order valence-electron chi connectivity index (χ3n) is 5.09. The molecule has 2 aliphatic rings. The minimum absolute atomic E-state index is 0.0994. The highest BCUT2D eigenvalue weighted by molar-refractivity contribution is 7.88. The van der Waals surface area contributed by atoms with E-state index in [1.54, 1.807) is 23.1 Å². The SMILES string of the molecule is CC(=O)NC[C@H]1C(=O)N2C[C@@H](NS(C)(=O)=O)C[C@H]2CN1Cc1cccc(O)c1. The summed E-state index contributed by atoms with van der Waals surface area (Å²) in [5, 5.41) is 12.4. The van der Waals surface area contributed by atoms with Crippen LogP contribution < -0.4 is 10.0 Å². The second kappa shape index (κ2) is 8.06. The summed E-state index contributed by atoms with van der Waals surface area (Å²) in [5.74, 6) is -0.188. The minimum atomic E-state index is -3.36. The maximum Gasteiger partial charge on any atom is 0.242 e. The van der Waals surface area contributed by atoms with Gasteiger partial charge in [0.15, 0.2) is 0 Å². The van der Waals surface area contributed by atoms with Crippen molar-refractivity contribution in [2.75, 3.05) is 25.9 Å². The number of amides is 2. The zero-order chi connectivity index (χ0) is 20.5. The van der Waals surface area contributed by atoms with Gasteiger partial charge in [-0.3, -0.25) is 14.5 Å². The van der Waals surface area contributed by atoms with E-state index < -0.39 is 16.1 Å². The van der Waals surface area contributed by atoms with Crippen molar-refractivity contribution < 1.29 is 23.1 Å². The van der Waals surface area contributed by atoms with Gasteiger partial charge in [-0.15, -0.1) is 0 Å². The van der Waals surface area contributed by atoms with E-state index in [-0.39, 0.29) is 36.2 Å². The molecular weight excluding hydrogens is 384 g/mol. The molecule has 154 valence electrons. The van der Waals surface area contributed by atoms with Crippen LogP contribution in [0.1, 0.15) is 18.9 Å². The normalized spacial score (nSPS) is 25.6. The molecule has 3 rings (SSSR count). The third-order valence-corrected chi connectivity index (χ3v) is 5.85. The van der Waals surface area contributed by atoms with Crippen molar-refractivity contribution in [1.82, 2.24) is 19.8 Å². The lowest BCUT2D eigenvalue weighted by molar-refractivity contribution is -0.144. The number of piperazine rings is 1. The van der Waals surface area contributed by atoms with Crippen LogP contribution in [0.4, 0.5) is 0 Å². The Morgan fingerprint density at radius 1 is 1.32 bits per heavy atom. The molecule has 0 unspecified atom stereocenters. The van der Waals surface area contributed by atoms with E-state index in [4.69, 9.17) is 0 Å². The number of nitrogens with one attached hydrogen (secondary N) is 2. The van der Waals surface area contributed by atoms with Gasteiger partial charge >= 0.3 is 0 Å². The molecule has 2 fully saturated rings. The second-order valence-electron chi connectivity index (χ2n) is 7.52. The van der Waals surface area contributed by atoms with Gasteiger partial charge in [0, 0.05) is 45.2 Å². The summed E-state index contributed by atoms with van der Waals surface area (Å²) in [6.45, 7) is 2.91. The van der Waals surface area contributed by atoms with Crippen LogP contribution in [0.15, 0.2) is 24.3 Å². The average molecular weight is 410 g/mol. The molecule has 0 aliphatic carbocycles. The molecule has 3 N–H and O–H groups in total. The maximum atomic E-state index is 13.1. The molecule has 2 heterocycles. The van der Waals surface area contributed by atoms with Crippen LogP contribution in [0.3, 0.4) is 0 Å². The molecule has 1 aromatic carbocycles. The van der Waals surface area contributed by atoms with Crippen LogP contribution in [0.5, 0.6) is 5.75 Å². The highest BCUT2D eigenvalue weighted by atomic mass is 32.2. The van der Waals surface area contributed by atoms with Crippen molar-refractivity contribution in [3.05, 3.63) is 29.8 Å². The zero-order valence-corrected chi connectivity index (χ0v) is 16.8. The lowest BCUT2D eigenvalue weighted by Crippen LogP contribution is -2.62. The van der Waals surface area contributed by atoms with E-state index in [9.17, 15) is 23.1 Å². The van der Waals surface area contributed by atoms with Crippen molar-refractivity contribution in [3.8, 4) is 5.75 Å². The summed E-state index contributed by atoms with van der Waals surface area (Å²) in [4.78, 5) is 28.2. The number of hydrogen-bond acceptors (Lipinski definition) is 6. The molecule has 3 atom stereocenters. The number of fused-ring (bicyclic) bond motifs is 1. The van der Waals surface area contributed by atoms with Gasteiger partial charge in [0.1, 0.15) is 11.8 Å². The molecule has 28 heavy (non-hydrogen) atoms. The van der Waals surface area contributed by atoms with E-state index in [0.29, 0.717) is 26.1 Å². The molecule has 0 saturated carbocycles. The van der Waals surface area contributed by atoms with E-state index >= 15 is 0 Å². The lowest BCUT2D eigenvalue weighted by Gasteiger charge is -2.42. The Kier molecular flexibility index (Phi) is 5.92. The van der Waals surface area contributed by atoms with Crippen LogP contribution in [0.2, 0.25) is 0 Å². The highest BCUT2D eigenvalue weighted by Crippen LogP contribution is 2.28. The Morgan fingerprint density at radius 2 is 2.07 bits per heavy atom. The van der Waals surface area contributed by atoms with E-state index in [2.05, 4.69) is 10.0 Å². The first-order valence-corrected chi connectivity index (χ1v) is 11.1. The van der Waals surface area contributed by atoms with Crippen molar-refractivity contribution in [3.63, 3.8) is 0 Å². The number of nitrogens with zero attached hydrogens (tertiary/aromatic N) is 2. The van der Waals surface area contributed by atoms with Gasteiger partial charge in [0.05, 0.1) is 6.26 Å². The molecule has 0 spiro atoms. The predicted octanol–water partition coefficient (Wildman–Crippen LogP) is -0.769. The number of hydrogen-bond donors (Lipinski definition) is 3.